The number of nitrogens with zero attached hydrogens (tertiary/aromatic N) is 1. The van der Waals surface area contributed by atoms with Crippen molar-refractivity contribution in [1.29, 1.82) is 0 Å². The molecule has 0 aliphatic carbocycles. The van der Waals surface area contributed by atoms with Crippen LogP contribution in [0.1, 0.15) is 50.7 Å². The molecule has 1 N–H and O–H groups in total. The Morgan fingerprint density at radius 2 is 1.92 bits per heavy atom. The van der Waals surface area contributed by atoms with Crippen molar-refractivity contribution in [3.05, 3.63) is 35.1 Å². The van der Waals surface area contributed by atoms with Gasteiger partial charge < -0.3 is 14.6 Å². The van der Waals surface area contributed by atoms with Crippen LogP contribution in [0.15, 0.2) is 23.8 Å². The maximum atomic E-state index is 11.3. The van der Waals surface area contributed by atoms with E-state index in [1.807, 2.05) is 27.7 Å². The van der Waals surface area contributed by atoms with E-state index in [0.717, 1.165) is 11.8 Å². The van der Waals surface area contributed by atoms with Gasteiger partial charge in [0.2, 0.25) is 5.91 Å². The monoisotopic (exact) mass is 330 g/mol. The summed E-state index contributed by atoms with van der Waals surface area (Å²) < 4.78 is 12.1. The van der Waals surface area contributed by atoms with Gasteiger partial charge in [-0.05, 0) is 51.4 Å². The number of pyridine rings is 1. The molecule has 0 unspecified atom stereocenters. The second-order valence-corrected chi connectivity index (χ2v) is 6.85. The smallest absolute Gasteiger partial charge is 0.400 e. The van der Waals surface area contributed by atoms with Gasteiger partial charge in [-0.2, -0.15) is 0 Å². The SMILES string of the molecule is CC(=O)NCC(=Cc1cc(C=O)ccn1)B1OC(C)(C)C(C)(C)O1. The van der Waals surface area contributed by atoms with Crippen molar-refractivity contribution in [2.45, 2.75) is 45.8 Å². The van der Waals surface area contributed by atoms with Crippen molar-refractivity contribution in [2.75, 3.05) is 6.54 Å². The summed E-state index contributed by atoms with van der Waals surface area (Å²) in [4.78, 5) is 26.5. The molecular weight excluding hydrogens is 307 g/mol. The summed E-state index contributed by atoms with van der Waals surface area (Å²) in [6.07, 6.45) is 4.11. The Morgan fingerprint density at radius 3 is 2.46 bits per heavy atom. The molecule has 24 heavy (non-hydrogen) atoms. The third kappa shape index (κ3) is 4.10. The van der Waals surface area contributed by atoms with E-state index in [-0.39, 0.29) is 12.5 Å². The van der Waals surface area contributed by atoms with Gasteiger partial charge >= 0.3 is 7.12 Å². The number of hydrogen-bond acceptors (Lipinski definition) is 5. The highest BCUT2D eigenvalue weighted by molar-refractivity contribution is 6.56. The van der Waals surface area contributed by atoms with Gasteiger partial charge in [-0.15, -0.1) is 0 Å². The molecule has 0 spiro atoms. The van der Waals surface area contributed by atoms with E-state index in [4.69, 9.17) is 9.31 Å². The zero-order valence-electron chi connectivity index (χ0n) is 14.8. The van der Waals surface area contributed by atoms with Gasteiger partial charge in [-0.25, -0.2) is 0 Å². The summed E-state index contributed by atoms with van der Waals surface area (Å²) in [5, 5.41) is 2.76. The van der Waals surface area contributed by atoms with Gasteiger partial charge in [-0.1, -0.05) is 0 Å². The van der Waals surface area contributed by atoms with Gasteiger partial charge in [0, 0.05) is 25.2 Å². The predicted molar refractivity (Wildman–Crippen MR) is 92.4 cm³/mol. The Labute approximate surface area is 142 Å². The van der Waals surface area contributed by atoms with Gasteiger partial charge in [0.25, 0.3) is 0 Å². The van der Waals surface area contributed by atoms with Crippen molar-refractivity contribution in [1.82, 2.24) is 10.3 Å². The van der Waals surface area contributed by atoms with Crippen molar-refractivity contribution in [3.63, 3.8) is 0 Å². The standard InChI is InChI=1S/C17H23BN2O4/c1-12(22)20-10-14(9-15-8-13(11-21)6-7-19-15)18-23-16(2,3)17(4,5)24-18/h6-9,11H,10H2,1-5H3,(H,20,22). The van der Waals surface area contributed by atoms with Crippen LogP contribution in [0, 0.1) is 0 Å². The summed E-state index contributed by atoms with van der Waals surface area (Å²) in [6, 6.07) is 3.30. The first-order valence-electron chi connectivity index (χ1n) is 7.86. The summed E-state index contributed by atoms with van der Waals surface area (Å²) in [5.74, 6) is -0.146. The second-order valence-electron chi connectivity index (χ2n) is 6.85. The van der Waals surface area contributed by atoms with Gasteiger partial charge in [0.1, 0.15) is 6.29 Å². The Kier molecular flexibility index (Phi) is 5.25. The second kappa shape index (κ2) is 6.87. The van der Waals surface area contributed by atoms with Crippen LogP contribution in [0.4, 0.5) is 0 Å². The lowest BCUT2D eigenvalue weighted by Gasteiger charge is -2.32. The molecule has 1 aromatic rings. The minimum Gasteiger partial charge on any atom is -0.400 e. The lowest BCUT2D eigenvalue weighted by atomic mass is 9.77. The fourth-order valence-electron chi connectivity index (χ4n) is 2.23. The Hall–Kier alpha value is -1.99. The van der Waals surface area contributed by atoms with Crippen molar-refractivity contribution < 1.29 is 18.9 Å². The summed E-state index contributed by atoms with van der Waals surface area (Å²) in [7, 11) is -0.594. The first-order valence-corrected chi connectivity index (χ1v) is 7.86. The average molecular weight is 330 g/mol. The van der Waals surface area contributed by atoms with Crippen LogP contribution in [0.2, 0.25) is 0 Å². The van der Waals surface area contributed by atoms with Crippen LogP contribution in [-0.2, 0) is 14.1 Å². The van der Waals surface area contributed by atoms with E-state index < -0.39 is 18.3 Å². The molecule has 1 aliphatic heterocycles. The number of aldehydes is 1. The molecule has 6 nitrogen and oxygen atoms in total. The fourth-order valence-corrected chi connectivity index (χ4v) is 2.23. The molecule has 1 aliphatic rings. The lowest BCUT2D eigenvalue weighted by molar-refractivity contribution is -0.118. The molecule has 0 atom stereocenters. The number of carbonyl (C=O) groups excluding carboxylic acids is 2. The molecule has 0 bridgehead atoms. The van der Waals surface area contributed by atoms with Crippen molar-refractivity contribution in [3.8, 4) is 0 Å². The molecule has 0 aromatic carbocycles. The summed E-state index contributed by atoms with van der Waals surface area (Å²) >= 11 is 0. The highest BCUT2D eigenvalue weighted by Gasteiger charge is 2.52. The van der Waals surface area contributed by atoms with E-state index in [1.165, 1.54) is 6.92 Å². The quantitative estimate of drug-likeness (QED) is 0.660. The predicted octanol–water partition coefficient (Wildman–Crippen LogP) is 2.04. The zero-order chi connectivity index (χ0) is 18.0. The minimum atomic E-state index is -0.594. The first kappa shape index (κ1) is 18.4. The molecule has 0 radical (unpaired) electrons. The van der Waals surface area contributed by atoms with E-state index in [0.29, 0.717) is 11.3 Å². The van der Waals surface area contributed by atoms with Crippen LogP contribution < -0.4 is 5.32 Å². The van der Waals surface area contributed by atoms with Crippen LogP contribution in [0.5, 0.6) is 0 Å². The molecule has 1 aromatic heterocycles. The topological polar surface area (TPSA) is 77.5 Å². The molecule has 1 saturated heterocycles. The number of aromatic nitrogens is 1. The van der Waals surface area contributed by atoms with E-state index in [9.17, 15) is 9.59 Å². The minimum absolute atomic E-state index is 0.146. The van der Waals surface area contributed by atoms with Crippen LogP contribution in [0.25, 0.3) is 6.08 Å². The number of hydrogen-bond donors (Lipinski definition) is 1. The molecule has 1 amide bonds. The van der Waals surface area contributed by atoms with Crippen molar-refractivity contribution >= 4 is 25.4 Å². The molecule has 0 saturated carbocycles. The number of carbonyl (C=O) groups is 2. The Balaban J connectivity index is 2.33. The number of amides is 1. The molecule has 7 heteroatoms. The number of rotatable bonds is 5. The van der Waals surface area contributed by atoms with E-state index in [1.54, 1.807) is 24.4 Å². The van der Waals surface area contributed by atoms with Crippen LogP contribution >= 0.6 is 0 Å². The molecule has 2 rings (SSSR count). The van der Waals surface area contributed by atoms with Crippen molar-refractivity contribution in [2.24, 2.45) is 0 Å². The molecule has 128 valence electrons. The highest BCUT2D eigenvalue weighted by atomic mass is 16.7. The molecular formula is C17H23BN2O4. The van der Waals surface area contributed by atoms with Gasteiger partial charge in [-0.3, -0.25) is 14.6 Å². The highest BCUT2D eigenvalue weighted by Crippen LogP contribution is 2.38. The third-order valence-corrected chi connectivity index (χ3v) is 4.37. The zero-order valence-corrected chi connectivity index (χ0v) is 14.8. The lowest BCUT2D eigenvalue weighted by Crippen LogP contribution is -2.41. The van der Waals surface area contributed by atoms with Crippen LogP contribution in [0.3, 0.4) is 0 Å². The van der Waals surface area contributed by atoms with Crippen LogP contribution in [-0.4, -0.2) is 42.0 Å². The third-order valence-electron chi connectivity index (χ3n) is 4.37. The fraction of sp³-hybridized carbons (Fsp3) is 0.471. The summed E-state index contributed by atoms with van der Waals surface area (Å²) in [6.45, 7) is 9.59. The maximum Gasteiger partial charge on any atom is 0.492 e. The average Bonchev–Trinajstić information content (AvgIpc) is 2.71. The number of nitrogens with one attached hydrogen (secondary N) is 1. The summed E-state index contributed by atoms with van der Waals surface area (Å²) in [5.41, 5.74) is 0.911. The maximum absolute atomic E-state index is 11.3. The van der Waals surface area contributed by atoms with Gasteiger partial charge in [0.15, 0.2) is 0 Å². The first-order chi connectivity index (χ1) is 11.1. The Bertz CT molecular complexity index is 654. The van der Waals surface area contributed by atoms with E-state index >= 15 is 0 Å². The van der Waals surface area contributed by atoms with Gasteiger partial charge in [0.05, 0.1) is 16.9 Å². The largest absolute Gasteiger partial charge is 0.492 e. The Morgan fingerprint density at radius 1 is 1.29 bits per heavy atom. The normalized spacial score (nSPS) is 19.2. The molecule has 2 heterocycles. The van der Waals surface area contributed by atoms with E-state index in [2.05, 4.69) is 10.3 Å². The molecule has 1 fully saturated rings.